The van der Waals surface area contributed by atoms with Crippen LogP contribution >= 0.6 is 15.9 Å². The maximum absolute atomic E-state index is 14.0. The van der Waals surface area contributed by atoms with Gasteiger partial charge in [-0.15, -0.1) is 0 Å². The number of hydrogen-bond donors (Lipinski definition) is 0. The number of aromatic nitrogens is 1. The summed E-state index contributed by atoms with van der Waals surface area (Å²) in [6, 6.07) is 9.80. The molecule has 1 aliphatic carbocycles. The average Bonchev–Trinajstić information content (AvgIpc) is 2.43. The average molecular weight is 372 g/mol. The molecule has 0 saturated heterocycles. The van der Waals surface area contributed by atoms with Crippen LogP contribution in [0, 0.1) is 5.82 Å². The first-order valence-electron chi connectivity index (χ1n) is 6.84. The molecule has 22 heavy (non-hydrogen) atoms. The Morgan fingerprint density at radius 3 is 2.64 bits per heavy atom. The van der Waals surface area contributed by atoms with Crippen molar-refractivity contribution < 1.29 is 17.9 Å². The number of benzene rings is 1. The Morgan fingerprint density at radius 1 is 1.23 bits per heavy atom. The molecule has 116 valence electrons. The Balaban J connectivity index is 1.65. The molecular weight excluding hydrogens is 359 g/mol. The first kappa shape index (κ1) is 15.3. The van der Waals surface area contributed by atoms with Crippen LogP contribution in [0.4, 0.5) is 13.2 Å². The minimum atomic E-state index is -2.60. The summed E-state index contributed by atoms with van der Waals surface area (Å²) in [6.45, 7) is 0.0381. The van der Waals surface area contributed by atoms with Crippen molar-refractivity contribution in [3.8, 4) is 5.88 Å². The topological polar surface area (TPSA) is 22.1 Å². The lowest BCUT2D eigenvalue weighted by molar-refractivity contribution is -0.0868. The van der Waals surface area contributed by atoms with E-state index in [0.29, 0.717) is 21.6 Å². The molecule has 2 nitrogen and oxygen atoms in total. The minimum Gasteiger partial charge on any atom is -0.473 e. The predicted molar refractivity (Wildman–Crippen MR) is 79.6 cm³/mol. The molecular formula is C16H13BrF3NO. The molecule has 1 saturated carbocycles. The van der Waals surface area contributed by atoms with E-state index in [0.717, 1.165) is 0 Å². The monoisotopic (exact) mass is 371 g/mol. The van der Waals surface area contributed by atoms with E-state index >= 15 is 0 Å². The largest absolute Gasteiger partial charge is 0.473 e. The molecule has 1 aromatic carbocycles. The molecule has 0 spiro atoms. The van der Waals surface area contributed by atoms with Gasteiger partial charge < -0.3 is 4.74 Å². The number of hydrogen-bond acceptors (Lipinski definition) is 2. The van der Waals surface area contributed by atoms with Crippen molar-refractivity contribution in [3.05, 3.63) is 57.9 Å². The molecule has 3 rings (SSSR count). The van der Waals surface area contributed by atoms with E-state index in [1.807, 2.05) is 0 Å². The molecule has 1 heterocycles. The molecule has 0 unspecified atom stereocenters. The maximum atomic E-state index is 14.0. The van der Waals surface area contributed by atoms with Crippen LogP contribution in [0.2, 0.25) is 0 Å². The lowest BCUT2D eigenvalue weighted by Crippen LogP contribution is -2.33. The van der Waals surface area contributed by atoms with Crippen LogP contribution in [-0.4, -0.2) is 10.9 Å². The van der Waals surface area contributed by atoms with Gasteiger partial charge in [0.05, 0.1) is 0 Å². The van der Waals surface area contributed by atoms with E-state index in [-0.39, 0.29) is 25.4 Å². The summed E-state index contributed by atoms with van der Waals surface area (Å²) in [7, 11) is 0. The molecule has 1 aliphatic rings. The smallest absolute Gasteiger partial charge is 0.249 e. The van der Waals surface area contributed by atoms with E-state index in [4.69, 9.17) is 4.74 Å². The molecule has 1 aromatic heterocycles. The Morgan fingerprint density at radius 2 is 2.00 bits per heavy atom. The van der Waals surface area contributed by atoms with Crippen LogP contribution in [0.15, 0.2) is 41.0 Å². The summed E-state index contributed by atoms with van der Waals surface area (Å²) in [4.78, 5) is 4.09. The number of nitrogens with zero attached hydrogens (tertiary/aromatic N) is 1. The van der Waals surface area contributed by atoms with Gasteiger partial charge in [-0.2, -0.15) is 0 Å². The molecule has 6 heteroatoms. The van der Waals surface area contributed by atoms with Gasteiger partial charge in [-0.25, -0.2) is 18.2 Å². The van der Waals surface area contributed by atoms with Gasteiger partial charge in [0.15, 0.2) is 0 Å². The Bertz CT molecular complexity index is 685. The summed E-state index contributed by atoms with van der Waals surface area (Å²) < 4.78 is 45.8. The van der Waals surface area contributed by atoms with Gasteiger partial charge in [0.25, 0.3) is 0 Å². The highest BCUT2D eigenvalue weighted by Gasteiger charge is 2.45. The van der Waals surface area contributed by atoms with Gasteiger partial charge in [-0.1, -0.05) is 18.2 Å². The number of ether oxygens (including phenoxy) is 1. The lowest BCUT2D eigenvalue weighted by Gasteiger charge is -2.35. The molecule has 0 aliphatic heterocycles. The first-order valence-corrected chi connectivity index (χ1v) is 7.64. The quantitative estimate of drug-likeness (QED) is 0.699. The second kappa shape index (κ2) is 5.91. The van der Waals surface area contributed by atoms with E-state index in [2.05, 4.69) is 20.9 Å². The van der Waals surface area contributed by atoms with Crippen molar-refractivity contribution in [1.29, 1.82) is 0 Å². The zero-order valence-electron chi connectivity index (χ0n) is 11.5. The van der Waals surface area contributed by atoms with E-state index < -0.39 is 11.7 Å². The minimum absolute atomic E-state index is 0.0381. The SMILES string of the molecule is Fc1cc(C2CC(F)(F)C2)ccc1COc1cccc(Br)n1. The van der Waals surface area contributed by atoms with Crippen LogP contribution in [0.1, 0.15) is 29.9 Å². The first-order chi connectivity index (χ1) is 10.4. The number of alkyl halides is 2. The molecule has 0 bridgehead atoms. The Labute approximate surface area is 134 Å². The molecule has 0 N–H and O–H groups in total. The van der Waals surface area contributed by atoms with Crippen LogP contribution in [0.5, 0.6) is 5.88 Å². The van der Waals surface area contributed by atoms with Crippen LogP contribution in [0.3, 0.4) is 0 Å². The number of rotatable bonds is 4. The van der Waals surface area contributed by atoms with Crippen LogP contribution < -0.4 is 4.74 Å². The summed E-state index contributed by atoms with van der Waals surface area (Å²) in [5.41, 5.74) is 0.990. The molecule has 2 aromatic rings. The summed E-state index contributed by atoms with van der Waals surface area (Å²) in [5, 5.41) is 0. The van der Waals surface area contributed by atoms with Gasteiger partial charge in [-0.3, -0.25) is 0 Å². The second-order valence-electron chi connectivity index (χ2n) is 5.40. The molecule has 0 amide bonds. The molecule has 0 atom stereocenters. The molecule has 1 fully saturated rings. The summed E-state index contributed by atoms with van der Waals surface area (Å²) >= 11 is 3.23. The van der Waals surface area contributed by atoms with Gasteiger partial charge in [-0.05, 0) is 39.5 Å². The van der Waals surface area contributed by atoms with Crippen LogP contribution in [-0.2, 0) is 6.61 Å². The number of pyridine rings is 1. The normalized spacial score (nSPS) is 17.1. The van der Waals surface area contributed by atoms with Gasteiger partial charge in [0.1, 0.15) is 17.0 Å². The third-order valence-corrected chi connectivity index (χ3v) is 4.15. The highest BCUT2D eigenvalue weighted by molar-refractivity contribution is 9.10. The fourth-order valence-corrected chi connectivity index (χ4v) is 2.78. The van der Waals surface area contributed by atoms with Crippen molar-refractivity contribution in [1.82, 2.24) is 4.98 Å². The third kappa shape index (κ3) is 3.43. The fraction of sp³-hybridized carbons (Fsp3) is 0.312. The summed E-state index contributed by atoms with van der Waals surface area (Å²) in [5.74, 6) is -2.92. The second-order valence-corrected chi connectivity index (χ2v) is 6.21. The maximum Gasteiger partial charge on any atom is 0.249 e. The van der Waals surface area contributed by atoms with Crippen molar-refractivity contribution in [2.75, 3.05) is 0 Å². The van der Waals surface area contributed by atoms with Crippen molar-refractivity contribution in [2.45, 2.75) is 31.3 Å². The zero-order chi connectivity index (χ0) is 15.7. The zero-order valence-corrected chi connectivity index (χ0v) is 13.1. The molecule has 0 radical (unpaired) electrons. The third-order valence-electron chi connectivity index (χ3n) is 3.70. The van der Waals surface area contributed by atoms with E-state index in [9.17, 15) is 13.2 Å². The predicted octanol–water partition coefficient (Wildman–Crippen LogP) is 5.07. The summed E-state index contributed by atoms with van der Waals surface area (Å²) in [6.07, 6.45) is -0.408. The highest BCUT2D eigenvalue weighted by atomic mass is 79.9. The fourth-order valence-electron chi connectivity index (χ4n) is 2.45. The van der Waals surface area contributed by atoms with Gasteiger partial charge in [0, 0.05) is 24.5 Å². The Kier molecular flexibility index (Phi) is 4.12. The van der Waals surface area contributed by atoms with E-state index in [1.54, 1.807) is 30.3 Å². The van der Waals surface area contributed by atoms with E-state index in [1.165, 1.54) is 6.07 Å². The lowest BCUT2D eigenvalue weighted by atomic mass is 9.76. The standard InChI is InChI=1S/C16H13BrF3NO/c17-14-2-1-3-15(21-14)22-9-11-5-4-10(6-13(11)18)12-7-16(19,20)8-12/h1-6,12H,7-9H2. The highest BCUT2D eigenvalue weighted by Crippen LogP contribution is 2.48. The number of halogens is 4. The van der Waals surface area contributed by atoms with Gasteiger partial charge >= 0.3 is 0 Å². The Hall–Kier alpha value is -1.56. The van der Waals surface area contributed by atoms with Gasteiger partial charge in [0.2, 0.25) is 11.8 Å². The van der Waals surface area contributed by atoms with Crippen molar-refractivity contribution in [3.63, 3.8) is 0 Å². The van der Waals surface area contributed by atoms with Crippen LogP contribution in [0.25, 0.3) is 0 Å². The van der Waals surface area contributed by atoms with Crippen molar-refractivity contribution in [2.24, 2.45) is 0 Å². The van der Waals surface area contributed by atoms with Crippen molar-refractivity contribution >= 4 is 15.9 Å².